The molecule has 0 saturated carbocycles. The van der Waals surface area contributed by atoms with Crippen LogP contribution < -0.4 is 0 Å². The van der Waals surface area contributed by atoms with Crippen LogP contribution in [0.3, 0.4) is 0 Å². The summed E-state index contributed by atoms with van der Waals surface area (Å²) in [6.07, 6.45) is -2.56. The summed E-state index contributed by atoms with van der Waals surface area (Å²) >= 11 is 0. The van der Waals surface area contributed by atoms with E-state index in [1.807, 2.05) is 0 Å². The van der Waals surface area contributed by atoms with Crippen LogP contribution in [0.4, 0.5) is 17.6 Å². The second-order valence-electron chi connectivity index (χ2n) is 3.59. The minimum absolute atomic E-state index is 0.0150. The SMILES string of the molecule is OCCN(Cc1ccc(F)cc1F)CC(F)F. The minimum atomic E-state index is -2.56. The molecule has 1 rings (SSSR count). The highest BCUT2D eigenvalue weighted by atomic mass is 19.3. The molecular formula is C11H13F4NO. The van der Waals surface area contributed by atoms with Gasteiger partial charge in [0.05, 0.1) is 13.2 Å². The number of rotatable bonds is 6. The predicted octanol–water partition coefficient (Wildman–Crippen LogP) is 2.02. The van der Waals surface area contributed by atoms with E-state index in [9.17, 15) is 17.6 Å². The summed E-state index contributed by atoms with van der Waals surface area (Å²) in [5.41, 5.74) is 0.125. The van der Waals surface area contributed by atoms with E-state index in [4.69, 9.17) is 5.11 Å². The normalized spacial score (nSPS) is 11.5. The number of aliphatic hydroxyl groups excluding tert-OH is 1. The third-order valence-electron chi connectivity index (χ3n) is 2.22. The summed E-state index contributed by atoms with van der Waals surface area (Å²) in [5.74, 6) is -1.49. The van der Waals surface area contributed by atoms with Gasteiger partial charge in [0.15, 0.2) is 0 Å². The lowest BCUT2D eigenvalue weighted by Crippen LogP contribution is -2.31. The Balaban J connectivity index is 2.71. The van der Waals surface area contributed by atoms with E-state index >= 15 is 0 Å². The Bertz CT molecular complexity index is 359. The van der Waals surface area contributed by atoms with Gasteiger partial charge >= 0.3 is 0 Å². The Morgan fingerprint density at radius 2 is 1.94 bits per heavy atom. The van der Waals surface area contributed by atoms with Crippen molar-refractivity contribution in [2.75, 3.05) is 19.7 Å². The molecule has 0 aliphatic rings. The first kappa shape index (κ1) is 13.9. The van der Waals surface area contributed by atoms with Gasteiger partial charge in [-0.3, -0.25) is 4.90 Å². The van der Waals surface area contributed by atoms with Crippen molar-refractivity contribution in [1.29, 1.82) is 0 Å². The predicted molar refractivity (Wildman–Crippen MR) is 54.7 cm³/mol. The molecule has 1 aromatic rings. The monoisotopic (exact) mass is 251 g/mol. The first-order valence-corrected chi connectivity index (χ1v) is 5.08. The third-order valence-corrected chi connectivity index (χ3v) is 2.22. The van der Waals surface area contributed by atoms with Crippen LogP contribution in [-0.2, 0) is 6.54 Å². The van der Waals surface area contributed by atoms with E-state index in [0.29, 0.717) is 6.07 Å². The van der Waals surface area contributed by atoms with Crippen LogP contribution in [0.1, 0.15) is 5.56 Å². The Hall–Kier alpha value is -1.14. The summed E-state index contributed by atoms with van der Waals surface area (Å²) in [6, 6.07) is 2.98. The van der Waals surface area contributed by atoms with Crippen molar-refractivity contribution in [3.63, 3.8) is 0 Å². The minimum Gasteiger partial charge on any atom is -0.395 e. The average molecular weight is 251 g/mol. The van der Waals surface area contributed by atoms with Crippen LogP contribution in [-0.4, -0.2) is 36.1 Å². The number of hydrogen-bond donors (Lipinski definition) is 1. The molecule has 0 amide bonds. The molecule has 0 bridgehead atoms. The van der Waals surface area contributed by atoms with Crippen molar-refractivity contribution in [2.24, 2.45) is 0 Å². The highest BCUT2D eigenvalue weighted by Crippen LogP contribution is 2.13. The largest absolute Gasteiger partial charge is 0.395 e. The number of halogens is 4. The molecule has 0 atom stereocenters. The van der Waals surface area contributed by atoms with Crippen LogP contribution >= 0.6 is 0 Å². The maximum absolute atomic E-state index is 13.3. The molecule has 2 nitrogen and oxygen atoms in total. The van der Waals surface area contributed by atoms with E-state index < -0.39 is 24.6 Å². The van der Waals surface area contributed by atoms with Gasteiger partial charge in [0, 0.05) is 24.7 Å². The van der Waals surface area contributed by atoms with Crippen LogP contribution in [0.5, 0.6) is 0 Å². The Morgan fingerprint density at radius 3 is 2.47 bits per heavy atom. The number of benzene rings is 1. The number of alkyl halides is 2. The van der Waals surface area contributed by atoms with E-state index in [1.54, 1.807) is 0 Å². The fourth-order valence-corrected chi connectivity index (χ4v) is 1.46. The van der Waals surface area contributed by atoms with Crippen molar-refractivity contribution >= 4 is 0 Å². The fourth-order valence-electron chi connectivity index (χ4n) is 1.46. The zero-order chi connectivity index (χ0) is 12.8. The van der Waals surface area contributed by atoms with Crippen molar-refractivity contribution in [1.82, 2.24) is 4.90 Å². The average Bonchev–Trinajstić information content (AvgIpc) is 2.21. The molecule has 0 aliphatic heterocycles. The molecule has 0 fully saturated rings. The number of hydrogen-bond acceptors (Lipinski definition) is 2. The number of aliphatic hydroxyl groups is 1. The topological polar surface area (TPSA) is 23.5 Å². The van der Waals surface area contributed by atoms with Gasteiger partial charge in [-0.25, -0.2) is 17.6 Å². The van der Waals surface area contributed by atoms with Gasteiger partial charge in [0.25, 0.3) is 6.43 Å². The quantitative estimate of drug-likeness (QED) is 0.782. The molecule has 1 aromatic carbocycles. The molecule has 0 saturated heterocycles. The van der Waals surface area contributed by atoms with Crippen LogP contribution in [0.15, 0.2) is 18.2 Å². The van der Waals surface area contributed by atoms with Gasteiger partial charge in [0.1, 0.15) is 11.6 Å². The molecule has 0 radical (unpaired) electrons. The maximum atomic E-state index is 13.3. The van der Waals surface area contributed by atoms with Gasteiger partial charge < -0.3 is 5.11 Å². The lowest BCUT2D eigenvalue weighted by molar-refractivity contribution is 0.0740. The van der Waals surface area contributed by atoms with Gasteiger partial charge in [-0.15, -0.1) is 0 Å². The molecule has 96 valence electrons. The molecule has 0 aliphatic carbocycles. The summed E-state index contributed by atoms with van der Waals surface area (Å²) < 4.78 is 50.3. The third kappa shape index (κ3) is 4.70. The van der Waals surface area contributed by atoms with Crippen LogP contribution in [0.2, 0.25) is 0 Å². The van der Waals surface area contributed by atoms with Crippen LogP contribution in [0.25, 0.3) is 0 Å². The number of nitrogens with zero attached hydrogens (tertiary/aromatic N) is 1. The molecule has 0 unspecified atom stereocenters. The van der Waals surface area contributed by atoms with Crippen molar-refractivity contribution < 1.29 is 22.7 Å². The molecule has 1 N–H and O–H groups in total. The second kappa shape index (κ2) is 6.56. The molecular weight excluding hydrogens is 238 g/mol. The second-order valence-corrected chi connectivity index (χ2v) is 3.59. The van der Waals surface area contributed by atoms with E-state index in [0.717, 1.165) is 6.07 Å². The van der Waals surface area contributed by atoms with Gasteiger partial charge in [0.2, 0.25) is 0 Å². The standard InChI is InChI=1S/C11H13F4NO/c12-9-2-1-8(10(13)5-9)6-16(3-4-17)7-11(14)15/h1-2,5,11,17H,3-4,6-7H2. The Kier molecular flexibility index (Phi) is 5.37. The van der Waals surface area contributed by atoms with Crippen LogP contribution in [0, 0.1) is 11.6 Å². The molecule has 0 spiro atoms. The Morgan fingerprint density at radius 1 is 1.24 bits per heavy atom. The van der Waals surface area contributed by atoms with E-state index in [1.165, 1.54) is 11.0 Å². The summed E-state index contributed by atoms with van der Waals surface area (Å²) in [4.78, 5) is 1.21. The Labute approximate surface area is 96.5 Å². The van der Waals surface area contributed by atoms with Gasteiger partial charge in [-0.1, -0.05) is 6.07 Å². The molecule has 0 aromatic heterocycles. The highest BCUT2D eigenvalue weighted by Gasteiger charge is 2.14. The first-order chi connectivity index (χ1) is 8.02. The first-order valence-electron chi connectivity index (χ1n) is 5.08. The molecule has 17 heavy (non-hydrogen) atoms. The smallest absolute Gasteiger partial charge is 0.251 e. The van der Waals surface area contributed by atoms with Gasteiger partial charge in [-0.05, 0) is 6.07 Å². The summed E-state index contributed by atoms with van der Waals surface area (Å²) in [6.45, 7) is -0.926. The van der Waals surface area contributed by atoms with Crippen molar-refractivity contribution in [3.05, 3.63) is 35.4 Å². The maximum Gasteiger partial charge on any atom is 0.251 e. The summed E-state index contributed by atoms with van der Waals surface area (Å²) in [7, 11) is 0. The molecule has 6 heteroatoms. The fraction of sp³-hybridized carbons (Fsp3) is 0.455. The lowest BCUT2D eigenvalue weighted by Gasteiger charge is -2.21. The van der Waals surface area contributed by atoms with E-state index in [2.05, 4.69) is 0 Å². The summed E-state index contributed by atoms with van der Waals surface area (Å²) in [5, 5.41) is 8.70. The zero-order valence-electron chi connectivity index (χ0n) is 9.04. The zero-order valence-corrected chi connectivity index (χ0v) is 9.04. The highest BCUT2D eigenvalue weighted by molar-refractivity contribution is 5.18. The van der Waals surface area contributed by atoms with Crippen molar-refractivity contribution in [2.45, 2.75) is 13.0 Å². The van der Waals surface area contributed by atoms with Gasteiger partial charge in [-0.2, -0.15) is 0 Å². The van der Waals surface area contributed by atoms with Crippen molar-refractivity contribution in [3.8, 4) is 0 Å². The van der Waals surface area contributed by atoms with E-state index in [-0.39, 0.29) is 25.3 Å². The molecule has 0 heterocycles. The lowest BCUT2D eigenvalue weighted by atomic mass is 10.2.